The van der Waals surface area contributed by atoms with Gasteiger partial charge in [-0.1, -0.05) is 17.9 Å². The molecule has 0 aliphatic carbocycles. The number of imidazole rings is 1. The Labute approximate surface area is 201 Å². The van der Waals surface area contributed by atoms with Crippen LogP contribution in [0.2, 0.25) is 0 Å². The van der Waals surface area contributed by atoms with Gasteiger partial charge in [-0.25, -0.2) is 13.2 Å². The minimum absolute atomic E-state index is 0.0331. The van der Waals surface area contributed by atoms with Gasteiger partial charge in [0.25, 0.3) is 5.56 Å². The topological polar surface area (TPSA) is 120 Å². The summed E-state index contributed by atoms with van der Waals surface area (Å²) in [5.74, 6) is 5.91. The maximum atomic E-state index is 12.8. The number of nitrogens with zero attached hydrogens (tertiary/aromatic N) is 5. The van der Waals surface area contributed by atoms with Gasteiger partial charge in [0.1, 0.15) is 0 Å². The van der Waals surface area contributed by atoms with E-state index in [2.05, 4.69) is 27.0 Å². The normalized spacial score (nSPS) is 17.2. The third kappa shape index (κ3) is 4.50. The zero-order chi connectivity index (χ0) is 24.6. The van der Waals surface area contributed by atoms with Gasteiger partial charge in [0.15, 0.2) is 11.2 Å². The van der Waals surface area contributed by atoms with E-state index in [0.29, 0.717) is 0 Å². The lowest BCUT2D eigenvalue weighted by Crippen LogP contribution is -2.39. The average molecular weight is 499 g/mol. The largest absolute Gasteiger partial charge is 0.384 e. The fourth-order valence-corrected chi connectivity index (χ4v) is 5.69. The summed E-state index contributed by atoms with van der Waals surface area (Å²) in [5.41, 5.74) is 0.707. The van der Waals surface area contributed by atoms with Crippen molar-refractivity contribution in [2.45, 2.75) is 18.2 Å². The number of benzene rings is 1. The molecule has 4 heterocycles. The summed E-state index contributed by atoms with van der Waals surface area (Å²) in [6.45, 7) is 5.26. The van der Waals surface area contributed by atoms with Crippen LogP contribution >= 0.6 is 0 Å². The first-order chi connectivity index (χ1) is 16.8. The minimum atomic E-state index is -3.57. The highest BCUT2D eigenvalue weighted by atomic mass is 32.2. The van der Waals surface area contributed by atoms with Gasteiger partial charge >= 0.3 is 5.69 Å². The van der Waals surface area contributed by atoms with Gasteiger partial charge in [-0.3, -0.25) is 18.8 Å². The molecule has 35 heavy (non-hydrogen) atoms. The Hall–Kier alpha value is -3.40. The second-order valence-corrected chi connectivity index (χ2v) is 10.5. The van der Waals surface area contributed by atoms with Gasteiger partial charge in [-0.2, -0.15) is 4.98 Å². The molecule has 0 atom stereocenters. The predicted molar refractivity (Wildman–Crippen MR) is 130 cm³/mol. The van der Waals surface area contributed by atoms with Crippen LogP contribution in [0.5, 0.6) is 0 Å². The summed E-state index contributed by atoms with van der Waals surface area (Å²) >= 11 is 0. The molecule has 0 amide bonds. The highest BCUT2D eigenvalue weighted by Crippen LogP contribution is 2.23. The van der Waals surface area contributed by atoms with E-state index < -0.39 is 21.1 Å². The Morgan fingerprint density at radius 2 is 1.97 bits per heavy atom. The molecule has 0 spiro atoms. The first kappa shape index (κ1) is 23.3. The van der Waals surface area contributed by atoms with Crippen molar-refractivity contribution in [2.75, 3.05) is 50.5 Å². The Morgan fingerprint density at radius 1 is 1.17 bits per heavy atom. The number of aryl methyl sites for hydroxylation is 1. The number of rotatable bonds is 5. The van der Waals surface area contributed by atoms with Gasteiger partial charge in [0.2, 0.25) is 15.0 Å². The minimum Gasteiger partial charge on any atom is -0.384 e. The lowest BCUT2D eigenvalue weighted by molar-refractivity contribution is 0.0398. The quantitative estimate of drug-likeness (QED) is 0.467. The van der Waals surface area contributed by atoms with E-state index in [9.17, 15) is 18.0 Å². The van der Waals surface area contributed by atoms with Gasteiger partial charge in [0.05, 0.1) is 25.5 Å². The van der Waals surface area contributed by atoms with Crippen LogP contribution in [0.4, 0.5) is 5.69 Å². The van der Waals surface area contributed by atoms with Gasteiger partial charge < -0.3 is 14.6 Å². The van der Waals surface area contributed by atoms with Crippen LogP contribution in [0.3, 0.4) is 0 Å². The Morgan fingerprint density at radius 3 is 2.77 bits per heavy atom. The summed E-state index contributed by atoms with van der Waals surface area (Å²) in [6, 6.07) is 7.68. The van der Waals surface area contributed by atoms with E-state index in [1.807, 2.05) is 24.3 Å². The second-order valence-electron chi connectivity index (χ2n) is 8.53. The summed E-state index contributed by atoms with van der Waals surface area (Å²) in [6.07, 6.45) is 0. The van der Waals surface area contributed by atoms with Gasteiger partial charge in [-0.15, -0.1) is 0 Å². The fraction of sp³-hybridized carbons (Fsp3) is 0.435. The fourth-order valence-electron chi connectivity index (χ4n) is 4.34. The van der Waals surface area contributed by atoms with Crippen molar-refractivity contribution in [3.05, 3.63) is 50.7 Å². The first-order valence-corrected chi connectivity index (χ1v) is 13.1. The van der Waals surface area contributed by atoms with Crippen molar-refractivity contribution in [1.82, 2.24) is 23.6 Å². The average Bonchev–Trinajstić information content (AvgIpc) is 3.38. The standard InChI is InChI=1S/C23H26N6O5S/c1-26-21(30)19-20(25-22-28(19)12-15-35(22,32)33)29(23(26)31)8-3-5-17-4-2-6-18(16-17)24-7-9-27-10-13-34-14-11-27/h2,4,6,16,24H,7-15H2,1H3. The molecule has 1 saturated heterocycles. The van der Waals surface area contributed by atoms with E-state index in [1.54, 1.807) is 0 Å². The van der Waals surface area contributed by atoms with Crippen LogP contribution in [0.25, 0.3) is 11.2 Å². The van der Waals surface area contributed by atoms with Gasteiger partial charge in [-0.05, 0) is 18.2 Å². The summed E-state index contributed by atoms with van der Waals surface area (Å²) in [4.78, 5) is 32.0. The van der Waals surface area contributed by atoms with Crippen LogP contribution in [-0.2, 0) is 34.7 Å². The van der Waals surface area contributed by atoms with Crippen LogP contribution in [0, 0.1) is 11.8 Å². The lowest BCUT2D eigenvalue weighted by atomic mass is 10.2. The van der Waals surface area contributed by atoms with Crippen molar-refractivity contribution < 1.29 is 13.2 Å². The van der Waals surface area contributed by atoms with Crippen molar-refractivity contribution in [2.24, 2.45) is 7.05 Å². The molecule has 3 aromatic rings. The highest BCUT2D eigenvalue weighted by Gasteiger charge is 2.33. The van der Waals surface area contributed by atoms with Crippen molar-refractivity contribution in [1.29, 1.82) is 0 Å². The number of hydrogen-bond donors (Lipinski definition) is 1. The maximum Gasteiger partial charge on any atom is 0.333 e. The van der Waals surface area contributed by atoms with Crippen LogP contribution < -0.4 is 16.6 Å². The molecule has 2 aliphatic rings. The molecule has 0 radical (unpaired) electrons. The molecule has 1 N–H and O–H groups in total. The van der Waals surface area contributed by atoms with Crippen LogP contribution in [0.15, 0.2) is 39.0 Å². The summed E-state index contributed by atoms with van der Waals surface area (Å²) in [5, 5.41) is 3.23. The molecular formula is C23H26N6O5S. The molecule has 0 saturated carbocycles. The van der Waals surface area contributed by atoms with Crippen LogP contribution in [0.1, 0.15) is 5.56 Å². The molecule has 1 fully saturated rings. The number of morpholine rings is 1. The number of fused-ring (bicyclic) bond motifs is 3. The van der Waals surface area contributed by atoms with Gasteiger partial charge in [0, 0.05) is 51.0 Å². The summed E-state index contributed by atoms with van der Waals surface area (Å²) < 4.78 is 33.5. The molecule has 11 nitrogen and oxygen atoms in total. The molecule has 5 rings (SSSR count). The predicted octanol–water partition coefficient (Wildman–Crippen LogP) is -0.520. The molecule has 0 bridgehead atoms. The van der Waals surface area contributed by atoms with Crippen molar-refractivity contribution >= 4 is 26.7 Å². The SMILES string of the molecule is Cn1c(=O)c2c(nc3n2CCS3(=O)=O)n(CC#Cc2cccc(NCCN3CCOCC3)c2)c1=O. The highest BCUT2D eigenvalue weighted by molar-refractivity contribution is 7.91. The molecular weight excluding hydrogens is 472 g/mol. The third-order valence-corrected chi connectivity index (χ3v) is 7.84. The Balaban J connectivity index is 1.36. The number of aromatic nitrogens is 4. The van der Waals surface area contributed by atoms with Crippen molar-refractivity contribution in [3.8, 4) is 11.8 Å². The number of sulfone groups is 1. The molecule has 1 aromatic carbocycles. The zero-order valence-corrected chi connectivity index (χ0v) is 20.2. The second kappa shape index (κ2) is 9.33. The Kier molecular flexibility index (Phi) is 6.22. The molecule has 12 heteroatoms. The molecule has 184 valence electrons. The number of hydrogen-bond acceptors (Lipinski definition) is 8. The maximum absolute atomic E-state index is 12.8. The van der Waals surface area contributed by atoms with E-state index in [1.165, 1.54) is 16.2 Å². The van der Waals surface area contributed by atoms with E-state index >= 15 is 0 Å². The monoisotopic (exact) mass is 498 g/mol. The third-order valence-electron chi connectivity index (χ3n) is 6.25. The number of anilines is 1. The summed E-state index contributed by atoms with van der Waals surface area (Å²) in [7, 11) is -2.21. The number of nitrogens with one attached hydrogen (secondary N) is 1. The zero-order valence-electron chi connectivity index (χ0n) is 19.4. The Bertz CT molecular complexity index is 1570. The van der Waals surface area contributed by atoms with E-state index in [0.717, 1.165) is 55.2 Å². The molecule has 2 aromatic heterocycles. The molecule has 2 aliphatic heterocycles. The molecule has 0 unspecified atom stereocenters. The first-order valence-electron chi connectivity index (χ1n) is 11.4. The van der Waals surface area contributed by atoms with E-state index in [4.69, 9.17) is 4.74 Å². The number of ether oxygens (including phenoxy) is 1. The van der Waals surface area contributed by atoms with Crippen LogP contribution in [-0.4, -0.2) is 77.1 Å². The van der Waals surface area contributed by atoms with E-state index in [-0.39, 0.29) is 35.2 Å². The smallest absolute Gasteiger partial charge is 0.333 e. The lowest BCUT2D eigenvalue weighted by Gasteiger charge is -2.26. The van der Waals surface area contributed by atoms with Crippen molar-refractivity contribution in [3.63, 3.8) is 0 Å².